The Morgan fingerprint density at radius 3 is 2.71 bits per heavy atom. The van der Waals surface area contributed by atoms with Crippen molar-refractivity contribution < 1.29 is 14.3 Å². The van der Waals surface area contributed by atoms with E-state index < -0.39 is 0 Å². The van der Waals surface area contributed by atoms with Gasteiger partial charge in [0, 0.05) is 22.2 Å². The van der Waals surface area contributed by atoms with Gasteiger partial charge in [-0.15, -0.1) is 0 Å². The normalized spacial score (nSPS) is 12.3. The van der Waals surface area contributed by atoms with Gasteiger partial charge in [-0.3, -0.25) is 4.79 Å². The molecule has 1 N–H and O–H groups in total. The summed E-state index contributed by atoms with van der Waals surface area (Å²) < 4.78 is 11.4. The molecule has 0 saturated heterocycles. The summed E-state index contributed by atoms with van der Waals surface area (Å²) in [5.41, 5.74) is 1.95. The van der Waals surface area contributed by atoms with Crippen LogP contribution in [0.25, 0.3) is 0 Å². The summed E-state index contributed by atoms with van der Waals surface area (Å²) in [6, 6.07) is 8.83. The zero-order valence-electron chi connectivity index (χ0n) is 11.1. The monoisotopic (exact) mass is 367 g/mol. The number of aryl methyl sites for hydroxylation is 1. The highest BCUT2D eigenvalue weighted by atomic mass is 79.9. The van der Waals surface area contributed by atoms with Crippen LogP contribution in [-0.4, -0.2) is 12.7 Å². The second kappa shape index (κ2) is 5.58. The van der Waals surface area contributed by atoms with E-state index in [9.17, 15) is 4.79 Å². The van der Waals surface area contributed by atoms with Gasteiger partial charge in [-0.1, -0.05) is 33.6 Å². The van der Waals surface area contributed by atoms with Crippen LogP contribution >= 0.6 is 27.5 Å². The molecule has 4 nitrogen and oxygen atoms in total. The number of hydrogen-bond acceptors (Lipinski definition) is 3. The Morgan fingerprint density at radius 1 is 1.24 bits per heavy atom. The lowest BCUT2D eigenvalue weighted by molar-refractivity contribution is 0.102. The summed E-state index contributed by atoms with van der Waals surface area (Å²) in [5.74, 6) is 0.923. The lowest BCUT2D eigenvalue weighted by Crippen LogP contribution is -2.13. The Labute approximate surface area is 135 Å². The summed E-state index contributed by atoms with van der Waals surface area (Å²) in [5, 5.41) is 3.20. The summed E-state index contributed by atoms with van der Waals surface area (Å²) in [6.07, 6.45) is 0. The van der Waals surface area contributed by atoms with Gasteiger partial charge in [-0.05, 0) is 24.6 Å². The topological polar surface area (TPSA) is 47.6 Å². The summed E-state index contributed by atoms with van der Waals surface area (Å²) >= 11 is 9.51. The van der Waals surface area contributed by atoms with Crippen LogP contribution < -0.4 is 14.8 Å². The number of carbonyl (C=O) groups excluding carboxylic acids is 1. The van der Waals surface area contributed by atoms with Crippen LogP contribution in [0.4, 0.5) is 5.69 Å². The van der Waals surface area contributed by atoms with E-state index in [0.717, 1.165) is 10.0 Å². The smallest absolute Gasteiger partial charge is 0.256 e. The van der Waals surface area contributed by atoms with Crippen LogP contribution in [-0.2, 0) is 0 Å². The van der Waals surface area contributed by atoms with Crippen LogP contribution in [0.5, 0.6) is 11.5 Å². The molecule has 0 unspecified atom stereocenters. The van der Waals surface area contributed by atoms with Crippen molar-refractivity contribution in [2.75, 3.05) is 12.1 Å². The number of fused-ring (bicyclic) bond motifs is 1. The van der Waals surface area contributed by atoms with Crippen LogP contribution in [0.1, 0.15) is 15.9 Å². The first-order valence-corrected chi connectivity index (χ1v) is 7.38. The van der Waals surface area contributed by atoms with Gasteiger partial charge in [0.2, 0.25) is 6.79 Å². The first kappa shape index (κ1) is 14.2. The molecule has 2 aromatic rings. The van der Waals surface area contributed by atoms with Gasteiger partial charge in [0.1, 0.15) is 0 Å². The fraction of sp³-hybridized carbons (Fsp3) is 0.133. The molecule has 21 heavy (non-hydrogen) atoms. The van der Waals surface area contributed by atoms with E-state index in [1.54, 1.807) is 18.2 Å². The zero-order valence-corrected chi connectivity index (χ0v) is 13.4. The standard InChI is InChI=1S/C15H11BrClNO3/c1-8-2-3-9(16)4-10(8)15(19)18-12-6-14-13(5-11(12)17)20-7-21-14/h2-6H,7H2,1H3,(H,18,19). The first-order valence-electron chi connectivity index (χ1n) is 6.21. The second-order valence-corrected chi connectivity index (χ2v) is 5.92. The lowest BCUT2D eigenvalue weighted by Gasteiger charge is -2.10. The molecular weight excluding hydrogens is 358 g/mol. The van der Waals surface area contributed by atoms with Gasteiger partial charge in [0.25, 0.3) is 5.91 Å². The van der Waals surface area contributed by atoms with Crippen LogP contribution in [0.2, 0.25) is 5.02 Å². The highest BCUT2D eigenvalue weighted by Crippen LogP contribution is 2.39. The predicted molar refractivity (Wildman–Crippen MR) is 84.4 cm³/mol. The third-order valence-corrected chi connectivity index (χ3v) is 3.96. The SMILES string of the molecule is Cc1ccc(Br)cc1C(=O)Nc1cc2c(cc1Cl)OCO2. The number of nitrogens with one attached hydrogen (secondary N) is 1. The predicted octanol–water partition coefficient (Wildman–Crippen LogP) is 4.39. The van der Waals surface area contributed by atoms with E-state index in [2.05, 4.69) is 21.2 Å². The minimum absolute atomic E-state index is 0.161. The molecule has 0 aliphatic carbocycles. The molecule has 1 amide bonds. The number of benzene rings is 2. The Bertz CT molecular complexity index is 733. The van der Waals surface area contributed by atoms with E-state index in [-0.39, 0.29) is 12.7 Å². The first-order chi connectivity index (χ1) is 10.0. The number of hydrogen-bond donors (Lipinski definition) is 1. The molecule has 1 aliphatic heterocycles. The fourth-order valence-electron chi connectivity index (χ4n) is 2.04. The van der Waals surface area contributed by atoms with Crippen molar-refractivity contribution in [1.82, 2.24) is 0 Å². The van der Waals surface area contributed by atoms with Crippen LogP contribution in [0.3, 0.4) is 0 Å². The largest absolute Gasteiger partial charge is 0.454 e. The molecule has 0 fully saturated rings. The molecule has 2 aromatic carbocycles. The van der Waals surface area contributed by atoms with Crippen molar-refractivity contribution in [2.45, 2.75) is 6.92 Å². The maximum atomic E-state index is 12.4. The molecule has 1 heterocycles. The molecule has 0 aromatic heterocycles. The van der Waals surface area contributed by atoms with E-state index in [0.29, 0.717) is 27.8 Å². The summed E-state index contributed by atoms with van der Waals surface area (Å²) in [4.78, 5) is 12.4. The highest BCUT2D eigenvalue weighted by Gasteiger charge is 2.18. The molecular formula is C15H11BrClNO3. The second-order valence-electron chi connectivity index (χ2n) is 4.60. The van der Waals surface area contributed by atoms with Crippen molar-refractivity contribution in [2.24, 2.45) is 0 Å². The lowest BCUT2D eigenvalue weighted by atomic mass is 10.1. The number of amides is 1. The van der Waals surface area contributed by atoms with E-state index >= 15 is 0 Å². The van der Waals surface area contributed by atoms with Gasteiger partial charge < -0.3 is 14.8 Å². The fourth-order valence-corrected chi connectivity index (χ4v) is 2.60. The maximum absolute atomic E-state index is 12.4. The van der Waals surface area contributed by atoms with Crippen LogP contribution in [0, 0.1) is 6.92 Å². The van der Waals surface area contributed by atoms with Crippen molar-refractivity contribution in [3.8, 4) is 11.5 Å². The van der Waals surface area contributed by atoms with Crippen LogP contribution in [0.15, 0.2) is 34.8 Å². The average molecular weight is 369 g/mol. The number of carbonyl (C=O) groups is 1. The molecule has 0 bridgehead atoms. The minimum Gasteiger partial charge on any atom is -0.454 e. The molecule has 0 atom stereocenters. The minimum atomic E-state index is -0.227. The molecule has 3 rings (SSSR count). The number of anilines is 1. The Balaban J connectivity index is 1.90. The highest BCUT2D eigenvalue weighted by molar-refractivity contribution is 9.10. The molecule has 0 spiro atoms. The average Bonchev–Trinajstić information content (AvgIpc) is 2.88. The Morgan fingerprint density at radius 2 is 1.95 bits per heavy atom. The van der Waals surface area contributed by atoms with E-state index in [1.165, 1.54) is 0 Å². The van der Waals surface area contributed by atoms with Gasteiger partial charge >= 0.3 is 0 Å². The Kier molecular flexibility index (Phi) is 3.78. The van der Waals surface area contributed by atoms with Crippen molar-refractivity contribution in [3.63, 3.8) is 0 Å². The third kappa shape index (κ3) is 2.84. The molecule has 6 heteroatoms. The van der Waals surface area contributed by atoms with E-state index in [1.807, 2.05) is 19.1 Å². The van der Waals surface area contributed by atoms with Gasteiger partial charge in [-0.2, -0.15) is 0 Å². The van der Waals surface area contributed by atoms with Gasteiger partial charge in [-0.25, -0.2) is 0 Å². The van der Waals surface area contributed by atoms with Gasteiger partial charge in [0.15, 0.2) is 11.5 Å². The van der Waals surface area contributed by atoms with Gasteiger partial charge in [0.05, 0.1) is 10.7 Å². The van der Waals surface area contributed by atoms with Crippen molar-refractivity contribution in [1.29, 1.82) is 0 Å². The molecule has 108 valence electrons. The quantitative estimate of drug-likeness (QED) is 0.855. The van der Waals surface area contributed by atoms with Crippen molar-refractivity contribution >= 4 is 39.1 Å². The zero-order chi connectivity index (χ0) is 15.0. The Hall–Kier alpha value is -1.72. The van der Waals surface area contributed by atoms with Crippen molar-refractivity contribution in [3.05, 3.63) is 51.0 Å². The summed E-state index contributed by atoms with van der Waals surface area (Å²) in [6.45, 7) is 2.04. The van der Waals surface area contributed by atoms with E-state index in [4.69, 9.17) is 21.1 Å². The number of ether oxygens (including phenoxy) is 2. The number of halogens is 2. The summed E-state index contributed by atoms with van der Waals surface area (Å²) in [7, 11) is 0. The number of rotatable bonds is 2. The molecule has 0 saturated carbocycles. The molecule has 1 aliphatic rings. The third-order valence-electron chi connectivity index (χ3n) is 3.15. The maximum Gasteiger partial charge on any atom is 0.256 e. The molecule has 0 radical (unpaired) electrons.